The number of carbonyl (C=O) groups excluding carboxylic acids is 1. The van der Waals surface area contributed by atoms with Crippen molar-refractivity contribution in [1.82, 2.24) is 9.97 Å². The van der Waals surface area contributed by atoms with Gasteiger partial charge in [-0.15, -0.1) is 0 Å². The summed E-state index contributed by atoms with van der Waals surface area (Å²) in [6.45, 7) is 2.18. The molecule has 2 aromatic heterocycles. The van der Waals surface area contributed by atoms with Crippen LogP contribution in [0.4, 0.5) is 16.2 Å². The quantitative estimate of drug-likeness (QED) is 0.395. The second-order valence-corrected chi connectivity index (χ2v) is 7.78. The van der Waals surface area contributed by atoms with Crippen molar-refractivity contribution in [3.8, 4) is 10.6 Å². The number of nitrogens with one attached hydrogen (secondary N) is 2. The molecule has 0 aliphatic carbocycles. The molecule has 0 saturated carbocycles. The van der Waals surface area contributed by atoms with Crippen molar-refractivity contribution >= 4 is 39.1 Å². The number of amides is 2. The standard InChI is InChI=1S/C23H22N4OS/c1-2-3-6-16-10-12-18(13-11-16)25-23(28)26-19-8-4-7-17(15-19)21-27-20-9-5-14-24-22(20)29-21/h4-5,7-15H,2-3,6H2,1H3,(H2,25,26,28). The first kappa shape index (κ1) is 19.1. The van der Waals surface area contributed by atoms with Crippen molar-refractivity contribution in [2.45, 2.75) is 26.2 Å². The number of pyridine rings is 1. The fourth-order valence-corrected chi connectivity index (χ4v) is 3.96. The van der Waals surface area contributed by atoms with Crippen LogP contribution in [0.3, 0.4) is 0 Å². The van der Waals surface area contributed by atoms with E-state index < -0.39 is 0 Å². The number of anilines is 2. The zero-order chi connectivity index (χ0) is 20.1. The summed E-state index contributed by atoms with van der Waals surface area (Å²) in [5.74, 6) is 0. The van der Waals surface area contributed by atoms with Gasteiger partial charge in [0.25, 0.3) is 0 Å². The highest BCUT2D eigenvalue weighted by molar-refractivity contribution is 7.21. The van der Waals surface area contributed by atoms with E-state index in [0.717, 1.165) is 33.0 Å². The van der Waals surface area contributed by atoms with Crippen LogP contribution in [0.2, 0.25) is 0 Å². The van der Waals surface area contributed by atoms with E-state index in [4.69, 9.17) is 0 Å². The summed E-state index contributed by atoms with van der Waals surface area (Å²) in [4.78, 5) is 22.3. The second kappa shape index (κ2) is 8.84. The van der Waals surface area contributed by atoms with Crippen LogP contribution >= 0.6 is 11.3 Å². The number of nitrogens with zero attached hydrogens (tertiary/aromatic N) is 2. The molecule has 2 heterocycles. The number of benzene rings is 2. The van der Waals surface area contributed by atoms with Crippen molar-refractivity contribution in [2.24, 2.45) is 0 Å². The summed E-state index contributed by atoms with van der Waals surface area (Å²) in [6, 6.07) is 19.2. The Balaban J connectivity index is 1.42. The predicted molar refractivity (Wildman–Crippen MR) is 121 cm³/mol. The lowest BCUT2D eigenvalue weighted by Gasteiger charge is -2.09. The average molecular weight is 403 g/mol. The third-order valence-corrected chi connectivity index (χ3v) is 5.59. The van der Waals surface area contributed by atoms with Crippen LogP contribution in [-0.4, -0.2) is 16.0 Å². The van der Waals surface area contributed by atoms with Gasteiger partial charge in [-0.1, -0.05) is 48.9 Å². The van der Waals surface area contributed by atoms with Crippen LogP contribution in [-0.2, 0) is 6.42 Å². The molecule has 0 aliphatic heterocycles. The number of hydrogen-bond acceptors (Lipinski definition) is 4. The maximum atomic E-state index is 12.4. The average Bonchev–Trinajstić information content (AvgIpc) is 3.18. The van der Waals surface area contributed by atoms with Crippen LogP contribution in [0.5, 0.6) is 0 Å². The molecule has 0 atom stereocenters. The van der Waals surface area contributed by atoms with Gasteiger partial charge in [0.05, 0.1) is 0 Å². The van der Waals surface area contributed by atoms with Crippen molar-refractivity contribution in [2.75, 3.05) is 10.6 Å². The van der Waals surface area contributed by atoms with E-state index in [2.05, 4.69) is 39.7 Å². The first-order chi connectivity index (χ1) is 14.2. The number of unbranched alkanes of at least 4 members (excludes halogenated alkanes) is 1. The van der Waals surface area contributed by atoms with Crippen LogP contribution in [0.25, 0.3) is 20.9 Å². The summed E-state index contributed by atoms with van der Waals surface area (Å²) in [5.41, 5.74) is 4.61. The van der Waals surface area contributed by atoms with E-state index in [1.54, 1.807) is 6.20 Å². The maximum absolute atomic E-state index is 12.4. The van der Waals surface area contributed by atoms with E-state index in [1.807, 2.05) is 48.5 Å². The van der Waals surface area contributed by atoms with Gasteiger partial charge in [-0.05, 0) is 54.8 Å². The molecule has 5 nitrogen and oxygen atoms in total. The van der Waals surface area contributed by atoms with Gasteiger partial charge in [-0.25, -0.2) is 14.8 Å². The summed E-state index contributed by atoms with van der Waals surface area (Å²) in [6.07, 6.45) is 5.18. The third kappa shape index (κ3) is 4.78. The zero-order valence-corrected chi connectivity index (χ0v) is 17.0. The number of fused-ring (bicyclic) bond motifs is 1. The van der Waals surface area contributed by atoms with Gasteiger partial charge in [0.2, 0.25) is 0 Å². The Morgan fingerprint density at radius 1 is 1.00 bits per heavy atom. The van der Waals surface area contributed by atoms with Crippen LogP contribution in [0.15, 0.2) is 66.9 Å². The lowest BCUT2D eigenvalue weighted by molar-refractivity contribution is 0.262. The summed E-state index contributed by atoms with van der Waals surface area (Å²) in [5, 5.41) is 6.66. The summed E-state index contributed by atoms with van der Waals surface area (Å²) in [7, 11) is 0. The topological polar surface area (TPSA) is 66.9 Å². The Morgan fingerprint density at radius 3 is 2.62 bits per heavy atom. The Hall–Kier alpha value is -3.25. The van der Waals surface area contributed by atoms with E-state index in [1.165, 1.54) is 29.7 Å². The largest absolute Gasteiger partial charge is 0.323 e. The number of carbonyl (C=O) groups is 1. The number of urea groups is 1. The molecule has 0 radical (unpaired) electrons. The normalized spacial score (nSPS) is 10.8. The number of aromatic nitrogens is 2. The highest BCUT2D eigenvalue weighted by atomic mass is 32.1. The van der Waals surface area contributed by atoms with Crippen LogP contribution < -0.4 is 10.6 Å². The Morgan fingerprint density at radius 2 is 1.83 bits per heavy atom. The van der Waals surface area contributed by atoms with Crippen LogP contribution in [0.1, 0.15) is 25.3 Å². The van der Waals surface area contributed by atoms with Gasteiger partial charge in [0.15, 0.2) is 0 Å². The molecule has 0 fully saturated rings. The highest BCUT2D eigenvalue weighted by Gasteiger charge is 2.09. The molecular formula is C23H22N4OS. The van der Waals surface area contributed by atoms with Crippen molar-refractivity contribution in [3.05, 3.63) is 72.4 Å². The maximum Gasteiger partial charge on any atom is 0.323 e. The van der Waals surface area contributed by atoms with Gasteiger partial charge in [0, 0.05) is 23.1 Å². The fourth-order valence-electron chi connectivity index (χ4n) is 3.05. The molecule has 2 N–H and O–H groups in total. The van der Waals surface area contributed by atoms with Crippen molar-refractivity contribution in [3.63, 3.8) is 0 Å². The molecule has 146 valence electrons. The molecule has 4 aromatic rings. The van der Waals surface area contributed by atoms with Crippen molar-refractivity contribution < 1.29 is 4.79 Å². The molecule has 0 aliphatic rings. The molecule has 0 unspecified atom stereocenters. The lowest BCUT2D eigenvalue weighted by atomic mass is 10.1. The van der Waals surface area contributed by atoms with Gasteiger partial charge < -0.3 is 10.6 Å². The second-order valence-electron chi connectivity index (χ2n) is 6.81. The molecule has 4 rings (SSSR count). The fraction of sp³-hybridized carbons (Fsp3) is 0.174. The third-order valence-electron chi connectivity index (χ3n) is 4.56. The molecular weight excluding hydrogens is 380 g/mol. The zero-order valence-electron chi connectivity index (χ0n) is 16.2. The van der Waals surface area contributed by atoms with E-state index in [-0.39, 0.29) is 6.03 Å². The monoisotopic (exact) mass is 402 g/mol. The van der Waals surface area contributed by atoms with E-state index >= 15 is 0 Å². The SMILES string of the molecule is CCCCc1ccc(NC(=O)Nc2cccc(-c3nc4cccnc4s3)c2)cc1. The molecule has 0 spiro atoms. The number of rotatable bonds is 6. The van der Waals surface area contributed by atoms with Crippen LogP contribution in [0, 0.1) is 0 Å². The van der Waals surface area contributed by atoms with Gasteiger partial charge >= 0.3 is 6.03 Å². The molecule has 6 heteroatoms. The first-order valence-electron chi connectivity index (χ1n) is 9.70. The van der Waals surface area contributed by atoms with Gasteiger partial charge in [0.1, 0.15) is 15.4 Å². The highest BCUT2D eigenvalue weighted by Crippen LogP contribution is 2.30. The molecule has 2 amide bonds. The van der Waals surface area contributed by atoms with E-state index in [0.29, 0.717) is 5.69 Å². The first-order valence-corrected chi connectivity index (χ1v) is 10.5. The number of hydrogen-bond donors (Lipinski definition) is 2. The van der Waals surface area contributed by atoms with Crippen molar-refractivity contribution in [1.29, 1.82) is 0 Å². The lowest BCUT2D eigenvalue weighted by Crippen LogP contribution is -2.19. The summed E-state index contributed by atoms with van der Waals surface area (Å²) >= 11 is 1.54. The summed E-state index contributed by atoms with van der Waals surface area (Å²) < 4.78 is 0. The molecule has 0 saturated heterocycles. The Labute approximate surface area is 173 Å². The predicted octanol–water partition coefficient (Wildman–Crippen LogP) is 6.34. The smallest absolute Gasteiger partial charge is 0.308 e. The van der Waals surface area contributed by atoms with E-state index in [9.17, 15) is 4.79 Å². The van der Waals surface area contributed by atoms with Gasteiger partial charge in [-0.2, -0.15) is 0 Å². The Bertz CT molecular complexity index is 1090. The molecule has 29 heavy (non-hydrogen) atoms. The molecule has 0 bridgehead atoms. The Kier molecular flexibility index (Phi) is 5.81. The minimum atomic E-state index is -0.269. The van der Waals surface area contributed by atoms with Gasteiger partial charge in [-0.3, -0.25) is 0 Å². The molecule has 2 aromatic carbocycles. The minimum Gasteiger partial charge on any atom is -0.308 e. The minimum absolute atomic E-state index is 0.269. The number of thiazole rings is 1. The number of aryl methyl sites for hydroxylation is 1.